The Bertz CT molecular complexity index is 1270. The minimum Gasteiger partial charge on any atom is -0.378 e. The lowest BCUT2D eigenvalue weighted by molar-refractivity contribution is -0.0794. The van der Waals surface area contributed by atoms with Gasteiger partial charge in [0.1, 0.15) is 17.6 Å². The SMILES string of the molecule is CNc1nc(N[C@H]2CCN(C3COC3)C[C@H]2F)nc2[nH]cc(-c3ccn4nccc4n3)c12. The maximum absolute atomic E-state index is 14.9. The molecule has 2 saturated heterocycles. The van der Waals surface area contributed by atoms with Crippen LogP contribution in [0.1, 0.15) is 6.42 Å². The number of rotatable bonds is 5. The average molecular weight is 437 g/mol. The second-order valence-corrected chi connectivity index (χ2v) is 8.26. The highest BCUT2D eigenvalue weighted by Gasteiger charge is 2.35. The van der Waals surface area contributed by atoms with Crippen molar-refractivity contribution in [1.29, 1.82) is 0 Å². The van der Waals surface area contributed by atoms with Crippen molar-refractivity contribution in [3.05, 3.63) is 30.7 Å². The first kappa shape index (κ1) is 19.4. The highest BCUT2D eigenvalue weighted by molar-refractivity contribution is 6.00. The van der Waals surface area contributed by atoms with E-state index in [1.807, 2.05) is 31.6 Å². The van der Waals surface area contributed by atoms with Crippen LogP contribution < -0.4 is 10.6 Å². The lowest BCUT2D eigenvalue weighted by Gasteiger charge is -2.42. The molecule has 4 aromatic rings. The van der Waals surface area contributed by atoms with E-state index in [1.54, 1.807) is 10.7 Å². The van der Waals surface area contributed by atoms with Crippen molar-refractivity contribution in [2.75, 3.05) is 44.0 Å². The third-order valence-corrected chi connectivity index (χ3v) is 6.33. The highest BCUT2D eigenvalue weighted by Crippen LogP contribution is 2.32. The molecule has 4 aromatic heterocycles. The molecule has 0 unspecified atom stereocenters. The van der Waals surface area contributed by atoms with Crippen LogP contribution in [0.25, 0.3) is 27.9 Å². The van der Waals surface area contributed by atoms with E-state index >= 15 is 0 Å². The molecule has 6 rings (SSSR count). The molecule has 10 nitrogen and oxygen atoms in total. The van der Waals surface area contributed by atoms with E-state index in [0.29, 0.717) is 49.6 Å². The van der Waals surface area contributed by atoms with Crippen LogP contribution >= 0.6 is 0 Å². The third kappa shape index (κ3) is 3.24. The van der Waals surface area contributed by atoms with Gasteiger partial charge in [-0.1, -0.05) is 0 Å². The first-order valence-corrected chi connectivity index (χ1v) is 10.8. The largest absolute Gasteiger partial charge is 0.378 e. The van der Waals surface area contributed by atoms with Crippen molar-refractivity contribution >= 4 is 28.4 Å². The highest BCUT2D eigenvalue weighted by atomic mass is 19.1. The summed E-state index contributed by atoms with van der Waals surface area (Å²) in [6.07, 6.45) is 5.16. The van der Waals surface area contributed by atoms with Crippen molar-refractivity contribution in [2.24, 2.45) is 0 Å². The Labute approximate surface area is 183 Å². The number of piperidine rings is 1. The zero-order valence-corrected chi connectivity index (χ0v) is 17.6. The molecule has 0 aliphatic carbocycles. The maximum Gasteiger partial charge on any atom is 0.226 e. The fourth-order valence-corrected chi connectivity index (χ4v) is 4.47. The molecule has 6 heterocycles. The van der Waals surface area contributed by atoms with Crippen LogP contribution in [0.2, 0.25) is 0 Å². The number of fused-ring (bicyclic) bond motifs is 2. The molecule has 3 N–H and O–H groups in total. The molecule has 166 valence electrons. The number of hydrogen-bond acceptors (Lipinski definition) is 8. The molecular formula is C21H24FN9O. The van der Waals surface area contributed by atoms with Crippen molar-refractivity contribution < 1.29 is 9.13 Å². The number of anilines is 2. The number of aromatic nitrogens is 6. The Morgan fingerprint density at radius 3 is 2.91 bits per heavy atom. The Hall–Kier alpha value is -3.31. The molecule has 0 aromatic carbocycles. The number of hydrogen-bond donors (Lipinski definition) is 3. The average Bonchev–Trinajstić information content (AvgIpc) is 3.40. The summed E-state index contributed by atoms with van der Waals surface area (Å²) in [4.78, 5) is 19.3. The molecule has 0 spiro atoms. The summed E-state index contributed by atoms with van der Waals surface area (Å²) in [5.74, 6) is 1.06. The van der Waals surface area contributed by atoms with Gasteiger partial charge in [0.05, 0.1) is 42.6 Å². The fraction of sp³-hybridized carbons (Fsp3) is 0.429. The van der Waals surface area contributed by atoms with Crippen molar-refractivity contribution in [2.45, 2.75) is 24.7 Å². The predicted octanol–water partition coefficient (Wildman–Crippen LogP) is 1.93. The van der Waals surface area contributed by atoms with E-state index in [1.165, 1.54) is 0 Å². The lowest BCUT2D eigenvalue weighted by atomic mass is 10.0. The number of nitrogens with one attached hydrogen (secondary N) is 3. The van der Waals surface area contributed by atoms with Gasteiger partial charge in [0.2, 0.25) is 5.95 Å². The van der Waals surface area contributed by atoms with Gasteiger partial charge < -0.3 is 20.4 Å². The van der Waals surface area contributed by atoms with Gasteiger partial charge in [0.25, 0.3) is 0 Å². The van der Waals surface area contributed by atoms with Gasteiger partial charge in [-0.25, -0.2) is 13.9 Å². The molecular weight excluding hydrogens is 413 g/mol. The molecule has 0 bridgehead atoms. The minimum atomic E-state index is -0.993. The van der Waals surface area contributed by atoms with Crippen molar-refractivity contribution in [1.82, 2.24) is 34.4 Å². The van der Waals surface area contributed by atoms with Crippen molar-refractivity contribution in [3.63, 3.8) is 0 Å². The summed E-state index contributed by atoms with van der Waals surface area (Å²) in [6, 6.07) is 3.79. The number of alkyl halides is 1. The van der Waals surface area contributed by atoms with Gasteiger partial charge in [-0.2, -0.15) is 15.1 Å². The number of H-pyrrole nitrogens is 1. The zero-order valence-electron chi connectivity index (χ0n) is 17.6. The molecule has 32 heavy (non-hydrogen) atoms. The maximum atomic E-state index is 14.9. The van der Waals surface area contributed by atoms with E-state index in [0.717, 1.165) is 28.8 Å². The number of likely N-dealkylation sites (tertiary alicyclic amines) is 1. The second-order valence-electron chi connectivity index (χ2n) is 8.26. The van der Waals surface area contributed by atoms with Crippen LogP contribution in [0.3, 0.4) is 0 Å². The number of ether oxygens (including phenoxy) is 1. The van der Waals surface area contributed by atoms with Crippen molar-refractivity contribution in [3.8, 4) is 11.3 Å². The minimum absolute atomic E-state index is 0.324. The third-order valence-electron chi connectivity index (χ3n) is 6.33. The Kier molecular flexibility index (Phi) is 4.65. The number of aromatic amines is 1. The van der Waals surface area contributed by atoms with E-state index in [2.05, 4.69) is 40.6 Å². The Balaban J connectivity index is 1.28. The summed E-state index contributed by atoms with van der Waals surface area (Å²) in [5, 5.41) is 11.4. The molecule has 0 saturated carbocycles. The van der Waals surface area contributed by atoms with Crippen LogP contribution in [0.15, 0.2) is 30.7 Å². The van der Waals surface area contributed by atoms with E-state index in [4.69, 9.17) is 4.74 Å². The van der Waals surface area contributed by atoms with E-state index < -0.39 is 6.17 Å². The summed E-state index contributed by atoms with van der Waals surface area (Å²) < 4.78 is 21.8. The molecule has 0 radical (unpaired) electrons. The second kappa shape index (κ2) is 7.68. The quantitative estimate of drug-likeness (QED) is 0.435. The lowest BCUT2D eigenvalue weighted by Crippen LogP contribution is -2.57. The molecule has 2 aliphatic rings. The molecule has 2 fully saturated rings. The zero-order chi connectivity index (χ0) is 21.7. The standard InChI is InChI=1S/C21H24FN9O/c1-23-19-18-13(15-4-7-31-17(26-15)2-5-25-31)8-24-20(18)29-21(28-19)27-16-3-6-30(9-14(16)22)12-10-32-11-12/h2,4-5,7-8,12,14,16H,3,6,9-11H2,1H3,(H3,23,24,27,28,29)/t14-,16+/m1/s1. The van der Waals surface area contributed by atoms with Gasteiger partial charge in [-0.3, -0.25) is 4.90 Å². The van der Waals surface area contributed by atoms with E-state index in [9.17, 15) is 4.39 Å². The normalized spacial score (nSPS) is 22.3. The summed E-state index contributed by atoms with van der Waals surface area (Å²) in [7, 11) is 1.81. The van der Waals surface area contributed by atoms with Gasteiger partial charge >= 0.3 is 0 Å². The summed E-state index contributed by atoms with van der Waals surface area (Å²) in [5.41, 5.74) is 3.10. The smallest absolute Gasteiger partial charge is 0.226 e. The Morgan fingerprint density at radius 2 is 2.12 bits per heavy atom. The van der Waals surface area contributed by atoms with Gasteiger partial charge in [0.15, 0.2) is 5.65 Å². The predicted molar refractivity (Wildman–Crippen MR) is 119 cm³/mol. The summed E-state index contributed by atoms with van der Waals surface area (Å²) in [6.45, 7) is 2.65. The molecule has 2 atom stereocenters. The monoisotopic (exact) mass is 437 g/mol. The topological polar surface area (TPSA) is 108 Å². The van der Waals surface area contributed by atoms with Gasteiger partial charge in [0, 0.05) is 44.2 Å². The fourth-order valence-electron chi connectivity index (χ4n) is 4.47. The number of nitrogens with zero attached hydrogens (tertiary/aromatic N) is 6. The summed E-state index contributed by atoms with van der Waals surface area (Å²) >= 11 is 0. The Morgan fingerprint density at radius 1 is 1.22 bits per heavy atom. The van der Waals surface area contributed by atoms with Crippen LogP contribution in [-0.2, 0) is 4.74 Å². The van der Waals surface area contributed by atoms with Gasteiger partial charge in [-0.15, -0.1) is 0 Å². The molecule has 0 amide bonds. The van der Waals surface area contributed by atoms with Gasteiger partial charge in [-0.05, 0) is 12.5 Å². The number of halogens is 1. The molecule has 11 heteroatoms. The first-order valence-electron chi connectivity index (χ1n) is 10.8. The molecule has 2 aliphatic heterocycles. The van der Waals surface area contributed by atoms with Crippen LogP contribution in [0, 0.1) is 0 Å². The van der Waals surface area contributed by atoms with E-state index in [-0.39, 0.29) is 6.04 Å². The van der Waals surface area contributed by atoms with Crippen LogP contribution in [0.4, 0.5) is 16.2 Å². The van der Waals surface area contributed by atoms with Crippen LogP contribution in [0.5, 0.6) is 0 Å². The first-order chi connectivity index (χ1) is 15.7. The van der Waals surface area contributed by atoms with Crippen LogP contribution in [-0.4, -0.2) is 86.1 Å².